The van der Waals surface area contributed by atoms with Gasteiger partial charge in [0, 0.05) is 6.61 Å². The first kappa shape index (κ1) is 8.55. The van der Waals surface area contributed by atoms with E-state index in [1.165, 1.54) is 19.3 Å². The lowest BCUT2D eigenvalue weighted by molar-refractivity contribution is -0.136. The molecule has 2 aliphatic rings. The van der Waals surface area contributed by atoms with Crippen LogP contribution in [-0.4, -0.2) is 12.7 Å². The Hall–Kier alpha value is -0.0400. The van der Waals surface area contributed by atoms with Crippen molar-refractivity contribution >= 4 is 0 Å². The highest BCUT2D eigenvalue weighted by atomic mass is 16.5. The highest BCUT2D eigenvalue weighted by molar-refractivity contribution is 4.94. The molecule has 2 fully saturated rings. The number of hydrogen-bond acceptors (Lipinski definition) is 1. The van der Waals surface area contributed by atoms with E-state index in [4.69, 9.17) is 4.74 Å². The fourth-order valence-corrected chi connectivity index (χ4v) is 2.80. The molecule has 0 N–H and O–H groups in total. The Labute approximate surface area is 75.5 Å². The third-order valence-corrected chi connectivity index (χ3v) is 3.65. The molecule has 0 aromatic carbocycles. The van der Waals surface area contributed by atoms with E-state index in [9.17, 15) is 0 Å². The molecule has 1 saturated heterocycles. The number of hydrogen-bond donors (Lipinski definition) is 0. The maximum Gasteiger partial charge on any atom is 0.0606 e. The Morgan fingerprint density at radius 1 is 1.08 bits per heavy atom. The van der Waals surface area contributed by atoms with Crippen molar-refractivity contribution in [1.82, 2.24) is 0 Å². The molecule has 3 unspecified atom stereocenters. The highest BCUT2D eigenvalue weighted by Crippen LogP contribution is 2.48. The Balaban J connectivity index is 2.05. The summed E-state index contributed by atoms with van der Waals surface area (Å²) in [4.78, 5) is 0. The lowest BCUT2D eigenvalue weighted by Crippen LogP contribution is -2.48. The van der Waals surface area contributed by atoms with Gasteiger partial charge in [0.2, 0.25) is 0 Å². The van der Waals surface area contributed by atoms with Crippen LogP contribution in [0.4, 0.5) is 0 Å². The summed E-state index contributed by atoms with van der Waals surface area (Å²) in [7, 11) is 0. The topological polar surface area (TPSA) is 9.23 Å². The molecular weight excluding hydrogens is 148 g/mol. The van der Waals surface area contributed by atoms with E-state index < -0.39 is 0 Å². The predicted octanol–water partition coefficient (Wildman–Crippen LogP) is 2.85. The molecule has 0 spiro atoms. The summed E-state index contributed by atoms with van der Waals surface area (Å²) in [5, 5.41) is 0. The Morgan fingerprint density at radius 2 is 1.83 bits per heavy atom. The number of rotatable bonds is 0. The number of fused-ring (bicyclic) bond motifs is 1. The van der Waals surface area contributed by atoms with E-state index in [1.807, 2.05) is 0 Å². The Morgan fingerprint density at radius 3 is 2.25 bits per heavy atom. The van der Waals surface area contributed by atoms with Gasteiger partial charge >= 0.3 is 0 Å². The molecule has 70 valence electrons. The molecule has 12 heavy (non-hydrogen) atoms. The summed E-state index contributed by atoms with van der Waals surface area (Å²) in [5.74, 6) is 1.80. The van der Waals surface area contributed by atoms with E-state index in [-0.39, 0.29) is 0 Å². The molecule has 1 heterocycles. The van der Waals surface area contributed by atoms with Crippen molar-refractivity contribution in [3.63, 3.8) is 0 Å². The van der Waals surface area contributed by atoms with Gasteiger partial charge in [-0.3, -0.25) is 0 Å². The second-order valence-corrected chi connectivity index (χ2v) is 5.41. The minimum absolute atomic E-state index is 0.493. The summed E-state index contributed by atoms with van der Waals surface area (Å²) < 4.78 is 5.70. The van der Waals surface area contributed by atoms with Crippen LogP contribution < -0.4 is 0 Å². The van der Waals surface area contributed by atoms with E-state index in [2.05, 4.69) is 20.8 Å². The second kappa shape index (κ2) is 2.73. The smallest absolute Gasteiger partial charge is 0.0606 e. The highest BCUT2D eigenvalue weighted by Gasteiger charge is 2.44. The Kier molecular flexibility index (Phi) is 1.95. The van der Waals surface area contributed by atoms with Gasteiger partial charge in [-0.25, -0.2) is 0 Å². The molecule has 0 radical (unpaired) electrons. The third kappa shape index (κ3) is 1.28. The van der Waals surface area contributed by atoms with E-state index in [0.717, 1.165) is 18.4 Å². The molecule has 1 aliphatic carbocycles. The van der Waals surface area contributed by atoms with Crippen LogP contribution in [0.2, 0.25) is 0 Å². The van der Waals surface area contributed by atoms with Gasteiger partial charge in [0.05, 0.1) is 6.10 Å². The standard InChI is InChI=1S/C11H20O/c1-11(2,3)9-6-7-12-10-5-4-8(9)10/h8-10H,4-7H2,1-3H3. The van der Waals surface area contributed by atoms with Crippen LogP contribution in [0.25, 0.3) is 0 Å². The lowest BCUT2D eigenvalue weighted by Gasteiger charge is -2.50. The first-order valence-electron chi connectivity index (χ1n) is 5.20. The van der Waals surface area contributed by atoms with Crippen molar-refractivity contribution in [3.8, 4) is 0 Å². The lowest BCUT2D eigenvalue weighted by atomic mass is 9.62. The quantitative estimate of drug-likeness (QED) is 0.540. The maximum atomic E-state index is 5.70. The SMILES string of the molecule is CC(C)(C)C1CCOC2CCC21. The van der Waals surface area contributed by atoms with Gasteiger partial charge < -0.3 is 4.74 Å². The zero-order chi connectivity index (χ0) is 8.77. The van der Waals surface area contributed by atoms with Crippen LogP contribution in [-0.2, 0) is 4.74 Å². The van der Waals surface area contributed by atoms with E-state index in [0.29, 0.717) is 11.5 Å². The maximum absolute atomic E-state index is 5.70. The van der Waals surface area contributed by atoms with Crippen LogP contribution in [0, 0.1) is 17.3 Å². The van der Waals surface area contributed by atoms with Crippen molar-refractivity contribution < 1.29 is 4.74 Å². The molecule has 1 nitrogen and oxygen atoms in total. The molecule has 0 aromatic rings. The molecule has 1 heteroatoms. The molecular formula is C11H20O. The van der Waals surface area contributed by atoms with Crippen LogP contribution in [0.1, 0.15) is 40.0 Å². The van der Waals surface area contributed by atoms with Crippen LogP contribution in [0.5, 0.6) is 0 Å². The van der Waals surface area contributed by atoms with Crippen molar-refractivity contribution in [2.45, 2.75) is 46.1 Å². The summed E-state index contributed by atoms with van der Waals surface area (Å²) in [6.07, 6.45) is 4.64. The summed E-state index contributed by atoms with van der Waals surface area (Å²) >= 11 is 0. The molecule has 0 amide bonds. The van der Waals surface area contributed by atoms with Crippen molar-refractivity contribution in [2.24, 2.45) is 17.3 Å². The predicted molar refractivity (Wildman–Crippen MR) is 50.0 cm³/mol. The van der Waals surface area contributed by atoms with Crippen LogP contribution in [0.3, 0.4) is 0 Å². The minimum atomic E-state index is 0.493. The minimum Gasteiger partial charge on any atom is -0.378 e. The normalized spacial score (nSPS) is 41.8. The second-order valence-electron chi connectivity index (χ2n) is 5.41. The van der Waals surface area contributed by atoms with Gasteiger partial charge in [-0.05, 0) is 36.5 Å². The summed E-state index contributed by atoms with van der Waals surface area (Å²) in [6.45, 7) is 8.12. The first-order valence-corrected chi connectivity index (χ1v) is 5.20. The number of ether oxygens (including phenoxy) is 1. The fraction of sp³-hybridized carbons (Fsp3) is 1.00. The van der Waals surface area contributed by atoms with Crippen molar-refractivity contribution in [2.75, 3.05) is 6.61 Å². The van der Waals surface area contributed by atoms with Crippen LogP contribution >= 0.6 is 0 Å². The molecule has 0 aromatic heterocycles. The molecule has 2 rings (SSSR count). The summed E-state index contributed by atoms with van der Waals surface area (Å²) in [6, 6.07) is 0. The molecule has 3 atom stereocenters. The van der Waals surface area contributed by atoms with Gasteiger partial charge in [-0.1, -0.05) is 20.8 Å². The van der Waals surface area contributed by atoms with Gasteiger partial charge in [-0.15, -0.1) is 0 Å². The zero-order valence-electron chi connectivity index (χ0n) is 8.47. The van der Waals surface area contributed by atoms with E-state index in [1.54, 1.807) is 0 Å². The monoisotopic (exact) mass is 168 g/mol. The molecule has 1 aliphatic heterocycles. The van der Waals surface area contributed by atoms with E-state index >= 15 is 0 Å². The van der Waals surface area contributed by atoms with Crippen molar-refractivity contribution in [3.05, 3.63) is 0 Å². The summed E-state index contributed by atoms with van der Waals surface area (Å²) in [5.41, 5.74) is 0.493. The zero-order valence-corrected chi connectivity index (χ0v) is 8.47. The van der Waals surface area contributed by atoms with Gasteiger partial charge in [0.25, 0.3) is 0 Å². The van der Waals surface area contributed by atoms with Gasteiger partial charge in [0.1, 0.15) is 0 Å². The fourth-order valence-electron chi connectivity index (χ4n) is 2.80. The van der Waals surface area contributed by atoms with Crippen LogP contribution in [0.15, 0.2) is 0 Å². The average Bonchev–Trinajstić information content (AvgIpc) is 1.88. The average molecular weight is 168 g/mol. The van der Waals surface area contributed by atoms with Crippen molar-refractivity contribution in [1.29, 1.82) is 0 Å². The van der Waals surface area contributed by atoms with Gasteiger partial charge in [0.15, 0.2) is 0 Å². The van der Waals surface area contributed by atoms with Gasteiger partial charge in [-0.2, -0.15) is 0 Å². The first-order chi connectivity index (χ1) is 5.59. The Bertz CT molecular complexity index is 168. The molecule has 0 bridgehead atoms. The molecule has 1 saturated carbocycles. The third-order valence-electron chi connectivity index (χ3n) is 3.65. The largest absolute Gasteiger partial charge is 0.378 e.